The van der Waals surface area contributed by atoms with Crippen LogP contribution < -0.4 is 11.1 Å². The maximum absolute atomic E-state index is 13.7. The van der Waals surface area contributed by atoms with E-state index in [9.17, 15) is 27.2 Å². The van der Waals surface area contributed by atoms with Crippen LogP contribution in [0.25, 0.3) is 0 Å². The molecule has 2 aromatic rings. The number of rotatable bonds is 6. The van der Waals surface area contributed by atoms with Gasteiger partial charge in [-0.15, -0.1) is 0 Å². The van der Waals surface area contributed by atoms with Gasteiger partial charge in [-0.25, -0.2) is 4.39 Å². The van der Waals surface area contributed by atoms with Gasteiger partial charge in [-0.2, -0.15) is 13.2 Å². The van der Waals surface area contributed by atoms with Crippen LogP contribution in [0.15, 0.2) is 48.5 Å². The third kappa shape index (κ3) is 5.30. The summed E-state index contributed by atoms with van der Waals surface area (Å²) in [5, 5.41) is 2.34. The number of benzene rings is 2. The summed E-state index contributed by atoms with van der Waals surface area (Å²) in [6.07, 6.45) is -5.05. The largest absolute Gasteiger partial charge is 0.416 e. The molecule has 0 aliphatic carbocycles. The highest BCUT2D eigenvalue weighted by Gasteiger charge is 2.30. The fraction of sp³-hybridized carbons (Fsp3) is 0.222. The number of nitrogens with two attached hydrogens (primary N) is 1. The predicted molar refractivity (Wildman–Crippen MR) is 86.4 cm³/mol. The zero-order chi connectivity index (χ0) is 19.3. The standard InChI is InChI=1S/C18H16F4N2O2/c19-14-7-2-1-5-12(14)10-15(17(23)26)24-16(25)9-11-4-3-6-13(8-11)18(20,21)22/h1-8,15H,9-10H2,(H2,23,26)(H,24,25)/t15-/m0/s1. The number of hydrogen-bond donors (Lipinski definition) is 2. The van der Waals surface area contributed by atoms with Crippen molar-refractivity contribution in [1.82, 2.24) is 5.32 Å². The molecule has 0 aliphatic rings. The van der Waals surface area contributed by atoms with Gasteiger partial charge in [0.2, 0.25) is 11.8 Å². The Bertz CT molecular complexity index is 806. The van der Waals surface area contributed by atoms with Crippen LogP contribution in [-0.2, 0) is 28.6 Å². The number of hydrogen-bond acceptors (Lipinski definition) is 2. The van der Waals surface area contributed by atoms with Crippen LogP contribution >= 0.6 is 0 Å². The third-order valence-corrected chi connectivity index (χ3v) is 3.68. The lowest BCUT2D eigenvalue weighted by atomic mass is 10.0. The Labute approximate surface area is 147 Å². The first-order valence-electron chi connectivity index (χ1n) is 7.65. The first-order valence-corrected chi connectivity index (χ1v) is 7.65. The molecule has 2 rings (SSSR count). The topological polar surface area (TPSA) is 72.2 Å². The zero-order valence-corrected chi connectivity index (χ0v) is 13.5. The number of alkyl halides is 3. The van der Waals surface area contributed by atoms with Gasteiger partial charge in [-0.1, -0.05) is 36.4 Å². The van der Waals surface area contributed by atoms with E-state index in [0.29, 0.717) is 0 Å². The van der Waals surface area contributed by atoms with Crippen molar-refractivity contribution in [3.63, 3.8) is 0 Å². The number of amides is 2. The van der Waals surface area contributed by atoms with Gasteiger partial charge in [-0.05, 0) is 23.3 Å². The van der Waals surface area contributed by atoms with Crippen LogP contribution in [-0.4, -0.2) is 17.9 Å². The molecule has 4 nitrogen and oxygen atoms in total. The SMILES string of the molecule is NC(=O)[C@H](Cc1ccccc1F)NC(=O)Cc1cccc(C(F)(F)F)c1. The molecule has 0 spiro atoms. The summed E-state index contributed by atoms with van der Waals surface area (Å²) >= 11 is 0. The van der Waals surface area contributed by atoms with E-state index >= 15 is 0 Å². The molecule has 0 fully saturated rings. The summed E-state index contributed by atoms with van der Waals surface area (Å²) < 4.78 is 51.8. The second-order valence-corrected chi connectivity index (χ2v) is 5.69. The van der Waals surface area contributed by atoms with Gasteiger partial charge < -0.3 is 11.1 Å². The second kappa shape index (κ2) is 7.99. The highest BCUT2D eigenvalue weighted by Crippen LogP contribution is 2.29. The molecule has 138 valence electrons. The van der Waals surface area contributed by atoms with E-state index in [-0.39, 0.29) is 24.0 Å². The molecule has 2 aromatic carbocycles. The van der Waals surface area contributed by atoms with Crippen LogP contribution in [0, 0.1) is 5.82 Å². The van der Waals surface area contributed by atoms with Gasteiger partial charge in [0.1, 0.15) is 11.9 Å². The molecular weight excluding hydrogens is 352 g/mol. The Morgan fingerprint density at radius 3 is 2.38 bits per heavy atom. The number of primary amides is 1. The monoisotopic (exact) mass is 368 g/mol. The zero-order valence-electron chi connectivity index (χ0n) is 13.5. The lowest BCUT2D eigenvalue weighted by Crippen LogP contribution is -2.46. The molecular formula is C18H16F4N2O2. The lowest BCUT2D eigenvalue weighted by molar-refractivity contribution is -0.137. The quantitative estimate of drug-likeness (QED) is 0.770. The number of carbonyl (C=O) groups excluding carboxylic acids is 2. The minimum atomic E-state index is -4.52. The third-order valence-electron chi connectivity index (χ3n) is 3.68. The van der Waals surface area contributed by atoms with Crippen LogP contribution in [0.5, 0.6) is 0 Å². The summed E-state index contributed by atoms with van der Waals surface area (Å²) in [7, 11) is 0. The van der Waals surface area contributed by atoms with E-state index in [1.165, 1.54) is 30.3 Å². The summed E-state index contributed by atoms with van der Waals surface area (Å²) in [4.78, 5) is 23.6. The number of carbonyl (C=O) groups is 2. The Morgan fingerprint density at radius 2 is 1.77 bits per heavy atom. The maximum atomic E-state index is 13.7. The van der Waals surface area contributed by atoms with E-state index < -0.39 is 35.4 Å². The minimum absolute atomic E-state index is 0.131. The minimum Gasteiger partial charge on any atom is -0.368 e. The van der Waals surface area contributed by atoms with Crippen molar-refractivity contribution in [1.29, 1.82) is 0 Å². The van der Waals surface area contributed by atoms with Crippen molar-refractivity contribution in [2.75, 3.05) is 0 Å². The van der Waals surface area contributed by atoms with Crippen molar-refractivity contribution in [3.05, 3.63) is 71.0 Å². The molecule has 0 unspecified atom stereocenters. The van der Waals surface area contributed by atoms with E-state index in [1.54, 1.807) is 6.07 Å². The molecule has 8 heteroatoms. The Hall–Kier alpha value is -2.90. The average Bonchev–Trinajstić information content (AvgIpc) is 2.55. The number of nitrogens with one attached hydrogen (secondary N) is 1. The highest BCUT2D eigenvalue weighted by atomic mass is 19.4. The normalized spacial score (nSPS) is 12.5. The number of halogens is 4. The van der Waals surface area contributed by atoms with Crippen LogP contribution in [0.4, 0.5) is 17.6 Å². The van der Waals surface area contributed by atoms with Crippen LogP contribution in [0.3, 0.4) is 0 Å². The summed E-state index contributed by atoms with van der Waals surface area (Å²) in [6.45, 7) is 0. The molecule has 26 heavy (non-hydrogen) atoms. The smallest absolute Gasteiger partial charge is 0.368 e. The summed E-state index contributed by atoms with van der Waals surface area (Å²) in [6, 6.07) is 8.83. The fourth-order valence-corrected chi connectivity index (χ4v) is 2.39. The van der Waals surface area contributed by atoms with Gasteiger partial charge in [-0.3, -0.25) is 9.59 Å². The molecule has 0 heterocycles. The van der Waals surface area contributed by atoms with E-state index in [2.05, 4.69) is 5.32 Å². The summed E-state index contributed by atoms with van der Waals surface area (Å²) in [5.74, 6) is -2.11. The maximum Gasteiger partial charge on any atom is 0.416 e. The molecule has 0 radical (unpaired) electrons. The van der Waals surface area contributed by atoms with Crippen molar-refractivity contribution in [2.45, 2.75) is 25.1 Å². The molecule has 1 atom stereocenters. The Balaban J connectivity index is 2.07. The first-order chi connectivity index (χ1) is 12.2. The van der Waals surface area contributed by atoms with Gasteiger partial charge in [0, 0.05) is 6.42 Å². The lowest BCUT2D eigenvalue weighted by Gasteiger charge is -2.16. The first kappa shape index (κ1) is 19.4. The molecule has 2 amide bonds. The molecule has 0 saturated heterocycles. The molecule has 0 saturated carbocycles. The van der Waals surface area contributed by atoms with Crippen molar-refractivity contribution < 1.29 is 27.2 Å². The molecule has 0 bridgehead atoms. The van der Waals surface area contributed by atoms with E-state index in [0.717, 1.165) is 12.1 Å². The Kier molecular flexibility index (Phi) is 5.97. The molecule has 0 aliphatic heterocycles. The van der Waals surface area contributed by atoms with Gasteiger partial charge >= 0.3 is 6.18 Å². The van der Waals surface area contributed by atoms with Crippen molar-refractivity contribution >= 4 is 11.8 Å². The predicted octanol–water partition coefficient (Wildman–Crippen LogP) is 2.60. The van der Waals surface area contributed by atoms with Crippen molar-refractivity contribution in [3.8, 4) is 0 Å². The summed E-state index contributed by atoms with van der Waals surface area (Å²) in [5.41, 5.74) is 4.68. The van der Waals surface area contributed by atoms with E-state index in [4.69, 9.17) is 5.73 Å². The molecule has 0 aromatic heterocycles. The fourth-order valence-electron chi connectivity index (χ4n) is 2.39. The van der Waals surface area contributed by atoms with Gasteiger partial charge in [0.25, 0.3) is 0 Å². The van der Waals surface area contributed by atoms with Crippen molar-refractivity contribution in [2.24, 2.45) is 5.73 Å². The molecule has 3 N–H and O–H groups in total. The average molecular weight is 368 g/mol. The van der Waals surface area contributed by atoms with Gasteiger partial charge in [0.15, 0.2) is 0 Å². The van der Waals surface area contributed by atoms with Gasteiger partial charge in [0.05, 0.1) is 12.0 Å². The van der Waals surface area contributed by atoms with E-state index in [1.807, 2.05) is 0 Å². The van der Waals surface area contributed by atoms with Crippen LogP contribution in [0.1, 0.15) is 16.7 Å². The van der Waals surface area contributed by atoms with Crippen LogP contribution in [0.2, 0.25) is 0 Å². The Morgan fingerprint density at radius 1 is 1.08 bits per heavy atom. The second-order valence-electron chi connectivity index (χ2n) is 5.69. The highest BCUT2D eigenvalue weighted by molar-refractivity contribution is 5.87.